The molecule has 0 spiro atoms. The fourth-order valence-electron chi connectivity index (χ4n) is 5.93. The summed E-state index contributed by atoms with van der Waals surface area (Å²) in [4.78, 5) is 29.0. The highest BCUT2D eigenvalue weighted by Crippen LogP contribution is 2.34. The Morgan fingerprint density at radius 2 is 1.09 bits per heavy atom. The number of para-hydroxylation sites is 1. The number of aromatic nitrogens is 6. The Kier molecular flexibility index (Phi) is 6.31. The van der Waals surface area contributed by atoms with E-state index in [2.05, 4.69) is 30.3 Å². The molecule has 7 nitrogen and oxygen atoms in total. The van der Waals surface area contributed by atoms with Crippen LogP contribution in [0, 0.1) is 0 Å². The van der Waals surface area contributed by atoms with Crippen LogP contribution in [0.4, 0.5) is 0 Å². The molecule has 0 radical (unpaired) electrons. The first-order valence-corrected chi connectivity index (χ1v) is 15.3. The lowest BCUT2D eigenvalue weighted by molar-refractivity contribution is 0.653. The van der Waals surface area contributed by atoms with E-state index in [1.807, 2.05) is 103 Å². The van der Waals surface area contributed by atoms with Crippen molar-refractivity contribution in [3.63, 3.8) is 0 Å². The molecule has 4 aromatic heterocycles. The summed E-state index contributed by atoms with van der Waals surface area (Å²) in [5.41, 5.74) is 8.22. The number of benzene rings is 5. The van der Waals surface area contributed by atoms with Crippen LogP contribution in [-0.2, 0) is 0 Å². The smallest absolute Gasteiger partial charge is 0.246 e. The number of furan rings is 1. The van der Waals surface area contributed by atoms with E-state index < -0.39 is 0 Å². The van der Waals surface area contributed by atoms with Crippen LogP contribution in [0.5, 0.6) is 0 Å². The number of nitrogens with zero attached hydrogens (tertiary/aromatic N) is 6. The summed E-state index contributed by atoms with van der Waals surface area (Å²) in [6.07, 6.45) is 3.58. The molecule has 9 rings (SSSR count). The van der Waals surface area contributed by atoms with Gasteiger partial charge in [0.05, 0.1) is 11.9 Å². The second kappa shape index (κ2) is 11.1. The van der Waals surface area contributed by atoms with Crippen molar-refractivity contribution in [1.29, 1.82) is 0 Å². The number of pyridine rings is 1. The lowest BCUT2D eigenvalue weighted by atomic mass is 9.98. The number of rotatable bonds is 5. The molecule has 0 saturated heterocycles. The molecule has 5 aromatic carbocycles. The third-order valence-electron chi connectivity index (χ3n) is 8.25. The standard InChI is InChI=1S/C40H24N6O/c1-3-10-26(11-4-1)37-44-38(27-12-5-2-6-13-27)46-39(45-37)30-15-9-14-28(22-30)29-19-18-25-20-21-41-35(32(25)23-29)33-24-42-36-31-16-7-8-17-34(31)47-40(36)43-33/h1-24H. The van der Waals surface area contributed by atoms with Crippen LogP contribution in [0.3, 0.4) is 0 Å². The van der Waals surface area contributed by atoms with Gasteiger partial charge in [-0.3, -0.25) is 4.98 Å². The zero-order valence-corrected chi connectivity index (χ0v) is 24.9. The molecule has 0 saturated carbocycles. The summed E-state index contributed by atoms with van der Waals surface area (Å²) in [5.74, 6) is 1.87. The van der Waals surface area contributed by atoms with Gasteiger partial charge < -0.3 is 4.42 Å². The van der Waals surface area contributed by atoms with Crippen molar-refractivity contribution in [3.8, 4) is 56.7 Å². The average molecular weight is 605 g/mol. The van der Waals surface area contributed by atoms with Crippen molar-refractivity contribution in [1.82, 2.24) is 29.9 Å². The molecule has 9 aromatic rings. The minimum Gasteiger partial charge on any atom is -0.436 e. The molecular weight excluding hydrogens is 580 g/mol. The Bertz CT molecular complexity index is 2520. The fourth-order valence-corrected chi connectivity index (χ4v) is 5.93. The summed E-state index contributed by atoms with van der Waals surface area (Å²) < 4.78 is 6.03. The second-order valence-corrected chi connectivity index (χ2v) is 11.2. The third-order valence-corrected chi connectivity index (χ3v) is 8.25. The van der Waals surface area contributed by atoms with Gasteiger partial charge in [0.25, 0.3) is 0 Å². The largest absolute Gasteiger partial charge is 0.436 e. The molecule has 0 N–H and O–H groups in total. The van der Waals surface area contributed by atoms with Crippen LogP contribution in [0.1, 0.15) is 0 Å². The van der Waals surface area contributed by atoms with E-state index in [0.717, 1.165) is 60.8 Å². The van der Waals surface area contributed by atoms with E-state index in [0.29, 0.717) is 28.9 Å². The van der Waals surface area contributed by atoms with Crippen molar-refractivity contribution < 1.29 is 4.42 Å². The molecule has 0 amide bonds. The van der Waals surface area contributed by atoms with Crippen molar-refractivity contribution in [3.05, 3.63) is 146 Å². The molecule has 220 valence electrons. The maximum Gasteiger partial charge on any atom is 0.246 e. The Morgan fingerprint density at radius 1 is 0.447 bits per heavy atom. The summed E-state index contributed by atoms with van der Waals surface area (Å²) in [5, 5.41) is 2.97. The topological polar surface area (TPSA) is 90.5 Å². The Morgan fingerprint density at radius 3 is 1.85 bits per heavy atom. The SMILES string of the molecule is c1ccc(-c2nc(-c3ccccc3)nc(-c3cccc(-c4ccc5ccnc(-c6cnc7c(n6)oc6ccccc67)c5c4)c3)n2)cc1. The second-order valence-electron chi connectivity index (χ2n) is 11.2. The van der Waals surface area contributed by atoms with E-state index in [1.165, 1.54) is 0 Å². The molecule has 0 aliphatic carbocycles. The van der Waals surface area contributed by atoms with Gasteiger partial charge in [-0.25, -0.2) is 24.9 Å². The molecule has 7 heteroatoms. The average Bonchev–Trinajstić information content (AvgIpc) is 3.53. The summed E-state index contributed by atoms with van der Waals surface area (Å²) in [7, 11) is 0. The monoisotopic (exact) mass is 604 g/mol. The minimum absolute atomic E-state index is 0.494. The minimum atomic E-state index is 0.494. The fraction of sp³-hybridized carbons (Fsp3) is 0. The van der Waals surface area contributed by atoms with Gasteiger partial charge >= 0.3 is 0 Å². The van der Waals surface area contributed by atoms with Crippen molar-refractivity contribution in [2.24, 2.45) is 0 Å². The van der Waals surface area contributed by atoms with E-state index in [1.54, 1.807) is 12.4 Å². The van der Waals surface area contributed by atoms with Gasteiger partial charge in [-0.05, 0) is 46.8 Å². The van der Waals surface area contributed by atoms with Crippen LogP contribution >= 0.6 is 0 Å². The van der Waals surface area contributed by atoms with Crippen LogP contribution in [-0.4, -0.2) is 29.9 Å². The summed E-state index contributed by atoms with van der Waals surface area (Å²) >= 11 is 0. The number of hydrogen-bond donors (Lipinski definition) is 0. The first-order chi connectivity index (χ1) is 23.3. The molecule has 0 fully saturated rings. The van der Waals surface area contributed by atoms with Gasteiger partial charge in [0.15, 0.2) is 17.5 Å². The maximum atomic E-state index is 6.03. The predicted molar refractivity (Wildman–Crippen MR) is 185 cm³/mol. The Labute approximate surface area is 269 Å². The molecule has 0 aliphatic heterocycles. The van der Waals surface area contributed by atoms with Crippen LogP contribution in [0.15, 0.2) is 150 Å². The molecule has 0 aliphatic rings. The first-order valence-electron chi connectivity index (χ1n) is 15.3. The molecule has 4 heterocycles. The lowest BCUT2D eigenvalue weighted by Crippen LogP contribution is -2.00. The van der Waals surface area contributed by atoms with Crippen molar-refractivity contribution in [2.45, 2.75) is 0 Å². The van der Waals surface area contributed by atoms with Gasteiger partial charge in [0.2, 0.25) is 5.71 Å². The maximum absolute atomic E-state index is 6.03. The van der Waals surface area contributed by atoms with Gasteiger partial charge in [-0.15, -0.1) is 0 Å². The van der Waals surface area contributed by atoms with E-state index >= 15 is 0 Å². The number of hydrogen-bond acceptors (Lipinski definition) is 7. The van der Waals surface area contributed by atoms with E-state index in [9.17, 15) is 0 Å². The highest BCUT2D eigenvalue weighted by atomic mass is 16.3. The molecule has 0 bridgehead atoms. The molecule has 0 unspecified atom stereocenters. The van der Waals surface area contributed by atoms with Crippen LogP contribution < -0.4 is 0 Å². The molecular formula is C40H24N6O. The third kappa shape index (κ3) is 4.87. The van der Waals surface area contributed by atoms with Crippen LogP contribution in [0.25, 0.3) is 89.7 Å². The predicted octanol–water partition coefficient (Wildman–Crippen LogP) is 9.44. The highest BCUT2D eigenvalue weighted by Gasteiger charge is 2.16. The zero-order valence-electron chi connectivity index (χ0n) is 24.9. The quantitative estimate of drug-likeness (QED) is 0.193. The van der Waals surface area contributed by atoms with Gasteiger partial charge in [-0.1, -0.05) is 103 Å². The van der Waals surface area contributed by atoms with E-state index in [-0.39, 0.29) is 0 Å². The highest BCUT2D eigenvalue weighted by molar-refractivity contribution is 6.02. The first kappa shape index (κ1) is 26.8. The Balaban J connectivity index is 1.15. The zero-order chi connectivity index (χ0) is 31.2. The number of fused-ring (bicyclic) bond motifs is 4. The Hall–Kier alpha value is -6.60. The summed E-state index contributed by atoms with van der Waals surface area (Å²) in [6.45, 7) is 0. The molecule has 0 atom stereocenters. The normalized spacial score (nSPS) is 11.4. The van der Waals surface area contributed by atoms with Gasteiger partial charge in [0, 0.05) is 33.7 Å². The van der Waals surface area contributed by atoms with Gasteiger partial charge in [0.1, 0.15) is 16.8 Å². The van der Waals surface area contributed by atoms with Crippen molar-refractivity contribution >= 4 is 33.0 Å². The summed E-state index contributed by atoms with van der Waals surface area (Å²) in [6, 6.07) is 44.5. The van der Waals surface area contributed by atoms with Gasteiger partial charge in [-0.2, -0.15) is 0 Å². The lowest BCUT2D eigenvalue weighted by Gasteiger charge is -2.11. The van der Waals surface area contributed by atoms with Crippen molar-refractivity contribution in [2.75, 3.05) is 0 Å². The van der Waals surface area contributed by atoms with E-state index in [4.69, 9.17) is 34.3 Å². The van der Waals surface area contributed by atoms with Crippen LogP contribution in [0.2, 0.25) is 0 Å². The molecule has 47 heavy (non-hydrogen) atoms.